The fraction of sp³-hybridized carbons (Fsp3) is 0.143. The first kappa shape index (κ1) is 18.2. The Labute approximate surface area is 163 Å². The minimum absolute atomic E-state index is 0.216. The summed E-state index contributed by atoms with van der Waals surface area (Å²) in [5, 5.41) is 2.77. The van der Waals surface area contributed by atoms with Crippen LogP contribution in [0.5, 0.6) is 0 Å². The summed E-state index contributed by atoms with van der Waals surface area (Å²) in [4.78, 5) is 16.7. The van der Waals surface area contributed by atoms with Crippen LogP contribution < -0.4 is 9.62 Å². The summed E-state index contributed by atoms with van der Waals surface area (Å²) in [7, 11) is -3.83. The molecule has 1 aliphatic rings. The highest BCUT2D eigenvalue weighted by atomic mass is 32.2. The molecule has 3 aromatic rings. The smallest absolute Gasteiger partial charge is 0.265 e. The molecule has 0 atom stereocenters. The summed E-state index contributed by atoms with van der Waals surface area (Å²) in [6.45, 7) is 1.96. The predicted octanol–water partition coefficient (Wildman–Crippen LogP) is 2.88. The largest absolute Gasteiger partial charge is 0.350 e. The van der Waals surface area contributed by atoms with E-state index in [2.05, 4.69) is 10.3 Å². The third-order valence-electron chi connectivity index (χ3n) is 4.67. The number of fused-ring (bicyclic) bond motifs is 3. The van der Waals surface area contributed by atoms with Gasteiger partial charge in [0.25, 0.3) is 10.0 Å². The van der Waals surface area contributed by atoms with Crippen molar-refractivity contribution in [2.45, 2.75) is 18.4 Å². The maximum Gasteiger partial charge on any atom is 0.265 e. The summed E-state index contributed by atoms with van der Waals surface area (Å²) in [6.07, 6.45) is 3.31. The second-order valence-electron chi connectivity index (χ2n) is 6.67. The average molecular weight is 393 g/mol. The number of anilines is 1. The number of nitrogens with one attached hydrogen (secondary N) is 1. The Morgan fingerprint density at radius 1 is 1.07 bits per heavy atom. The highest BCUT2D eigenvalue weighted by molar-refractivity contribution is 7.93. The molecule has 6 nitrogen and oxygen atoms in total. The molecular formula is C21H19N3O3S. The SMILES string of the molecule is Cc1ccc2c(c1)-c1ccccc1S(=O)(=O)N2CC(=O)NCc1cccnc1. The Kier molecular flexibility index (Phi) is 4.60. The molecular weight excluding hydrogens is 374 g/mol. The number of hydrogen-bond donors (Lipinski definition) is 1. The molecule has 2 heterocycles. The van der Waals surface area contributed by atoms with Gasteiger partial charge in [-0.3, -0.25) is 14.1 Å². The Hall–Kier alpha value is -3.19. The van der Waals surface area contributed by atoms with Crippen LogP contribution >= 0.6 is 0 Å². The zero-order chi connectivity index (χ0) is 19.7. The van der Waals surface area contributed by atoms with Crippen molar-refractivity contribution < 1.29 is 13.2 Å². The molecule has 1 N–H and O–H groups in total. The summed E-state index contributed by atoms with van der Waals surface area (Å²) >= 11 is 0. The van der Waals surface area contributed by atoms with Gasteiger partial charge < -0.3 is 5.32 Å². The number of hydrogen-bond acceptors (Lipinski definition) is 4. The molecule has 0 aliphatic carbocycles. The second-order valence-corrected chi connectivity index (χ2v) is 8.50. The number of pyridine rings is 1. The van der Waals surface area contributed by atoms with E-state index in [1.165, 1.54) is 4.31 Å². The lowest BCUT2D eigenvalue weighted by molar-refractivity contribution is -0.119. The van der Waals surface area contributed by atoms with E-state index in [0.717, 1.165) is 16.7 Å². The molecule has 142 valence electrons. The van der Waals surface area contributed by atoms with Crippen LogP contribution in [-0.4, -0.2) is 25.9 Å². The molecule has 0 saturated carbocycles. The van der Waals surface area contributed by atoms with Gasteiger partial charge >= 0.3 is 0 Å². The zero-order valence-corrected chi connectivity index (χ0v) is 16.1. The van der Waals surface area contributed by atoms with Gasteiger partial charge in [-0.25, -0.2) is 8.42 Å². The van der Waals surface area contributed by atoms with Gasteiger partial charge in [0.1, 0.15) is 6.54 Å². The molecule has 28 heavy (non-hydrogen) atoms. The molecule has 0 spiro atoms. The Morgan fingerprint density at radius 2 is 1.89 bits per heavy atom. The van der Waals surface area contributed by atoms with Crippen LogP contribution in [0.1, 0.15) is 11.1 Å². The van der Waals surface area contributed by atoms with Crippen LogP contribution in [0.2, 0.25) is 0 Å². The van der Waals surface area contributed by atoms with Crippen molar-refractivity contribution in [3.63, 3.8) is 0 Å². The molecule has 1 aromatic heterocycles. The van der Waals surface area contributed by atoms with Crippen LogP contribution in [0, 0.1) is 6.92 Å². The Bertz CT molecular complexity index is 1140. The lowest BCUT2D eigenvalue weighted by atomic mass is 10.0. The molecule has 0 radical (unpaired) electrons. The van der Waals surface area contributed by atoms with Gasteiger partial charge in [0.2, 0.25) is 5.91 Å². The fourth-order valence-corrected chi connectivity index (χ4v) is 4.95. The third-order valence-corrected chi connectivity index (χ3v) is 6.48. The van der Waals surface area contributed by atoms with Crippen molar-refractivity contribution in [3.8, 4) is 11.1 Å². The normalized spacial score (nSPS) is 14.1. The number of amides is 1. The van der Waals surface area contributed by atoms with Gasteiger partial charge in [-0.15, -0.1) is 0 Å². The lowest BCUT2D eigenvalue weighted by Gasteiger charge is -2.31. The number of carbonyl (C=O) groups excluding carboxylic acids is 1. The van der Waals surface area contributed by atoms with Gasteiger partial charge in [-0.05, 0) is 36.8 Å². The fourth-order valence-electron chi connectivity index (χ4n) is 3.31. The number of aryl methyl sites for hydroxylation is 1. The molecule has 1 amide bonds. The van der Waals surface area contributed by atoms with E-state index >= 15 is 0 Å². The van der Waals surface area contributed by atoms with Crippen molar-refractivity contribution >= 4 is 21.6 Å². The highest BCUT2D eigenvalue weighted by Gasteiger charge is 2.35. The van der Waals surface area contributed by atoms with Gasteiger partial charge in [-0.2, -0.15) is 0 Å². The van der Waals surface area contributed by atoms with Crippen molar-refractivity contribution in [2.75, 3.05) is 10.8 Å². The average Bonchev–Trinajstić information content (AvgIpc) is 2.71. The van der Waals surface area contributed by atoms with Crippen LogP contribution in [0.25, 0.3) is 11.1 Å². The van der Waals surface area contributed by atoms with Crippen LogP contribution in [0.3, 0.4) is 0 Å². The predicted molar refractivity (Wildman–Crippen MR) is 107 cm³/mol. The molecule has 1 aliphatic heterocycles. The first-order valence-corrected chi connectivity index (χ1v) is 10.3. The molecule has 0 fully saturated rings. The molecule has 4 rings (SSSR count). The number of carbonyl (C=O) groups is 1. The number of rotatable bonds is 4. The molecule has 0 unspecified atom stereocenters. The minimum atomic E-state index is -3.83. The standard InChI is InChI=1S/C21H19N3O3S/c1-15-8-9-19-18(11-15)17-6-2-3-7-20(17)28(26,27)24(19)14-21(25)23-13-16-5-4-10-22-12-16/h2-12H,13-14H2,1H3,(H,23,25). The van der Waals surface area contributed by atoms with E-state index in [4.69, 9.17) is 0 Å². The summed E-state index contributed by atoms with van der Waals surface area (Å²) in [5.41, 5.74) is 3.85. The van der Waals surface area contributed by atoms with Crippen molar-refractivity contribution in [1.82, 2.24) is 10.3 Å². The monoisotopic (exact) mass is 393 g/mol. The lowest BCUT2D eigenvalue weighted by Crippen LogP contribution is -2.42. The summed E-state index contributed by atoms with van der Waals surface area (Å²) in [5.74, 6) is -0.377. The van der Waals surface area contributed by atoms with Crippen molar-refractivity contribution in [3.05, 3.63) is 78.1 Å². The van der Waals surface area contributed by atoms with E-state index in [0.29, 0.717) is 11.3 Å². The maximum atomic E-state index is 13.2. The summed E-state index contributed by atoms with van der Waals surface area (Å²) < 4.78 is 27.6. The minimum Gasteiger partial charge on any atom is -0.350 e. The first-order chi connectivity index (χ1) is 13.5. The Morgan fingerprint density at radius 3 is 2.68 bits per heavy atom. The van der Waals surface area contributed by atoms with Gasteiger partial charge in [0, 0.05) is 30.1 Å². The van der Waals surface area contributed by atoms with E-state index < -0.39 is 10.0 Å². The molecule has 2 aromatic carbocycles. The van der Waals surface area contributed by atoms with Crippen molar-refractivity contribution in [1.29, 1.82) is 0 Å². The molecule has 7 heteroatoms. The zero-order valence-electron chi connectivity index (χ0n) is 15.3. The quantitative estimate of drug-likeness (QED) is 0.739. The molecule has 0 bridgehead atoms. The van der Waals surface area contributed by atoms with Crippen LogP contribution in [0.15, 0.2) is 71.9 Å². The van der Waals surface area contributed by atoms with Gasteiger partial charge in [0.15, 0.2) is 0 Å². The number of benzene rings is 2. The van der Waals surface area contributed by atoms with E-state index in [9.17, 15) is 13.2 Å². The van der Waals surface area contributed by atoms with E-state index in [-0.39, 0.29) is 23.9 Å². The highest BCUT2D eigenvalue weighted by Crippen LogP contribution is 2.43. The number of aromatic nitrogens is 1. The molecule has 0 saturated heterocycles. The van der Waals surface area contributed by atoms with Gasteiger partial charge in [-0.1, -0.05) is 35.9 Å². The number of nitrogens with zero attached hydrogens (tertiary/aromatic N) is 2. The number of sulfonamides is 1. The Balaban J connectivity index is 1.66. The topological polar surface area (TPSA) is 79.4 Å². The van der Waals surface area contributed by atoms with Crippen LogP contribution in [0.4, 0.5) is 5.69 Å². The van der Waals surface area contributed by atoms with E-state index in [1.54, 1.807) is 42.7 Å². The second kappa shape index (κ2) is 7.09. The third kappa shape index (κ3) is 3.25. The van der Waals surface area contributed by atoms with Gasteiger partial charge in [0.05, 0.1) is 10.6 Å². The van der Waals surface area contributed by atoms with E-state index in [1.807, 2.05) is 31.2 Å². The van der Waals surface area contributed by atoms with Crippen molar-refractivity contribution in [2.24, 2.45) is 0 Å². The maximum absolute atomic E-state index is 13.2. The van der Waals surface area contributed by atoms with Crippen LogP contribution in [-0.2, 0) is 21.4 Å². The summed E-state index contributed by atoms with van der Waals surface area (Å²) in [6, 6.07) is 16.1. The first-order valence-electron chi connectivity index (χ1n) is 8.85.